The minimum absolute atomic E-state index is 0.0574. The van der Waals surface area contributed by atoms with Crippen LogP contribution in [-0.2, 0) is 5.41 Å². The molecule has 2 aromatic heterocycles. The highest BCUT2D eigenvalue weighted by Gasteiger charge is 2.35. The fourth-order valence-corrected chi connectivity index (χ4v) is 9.06. The van der Waals surface area contributed by atoms with Crippen LogP contribution in [0.15, 0.2) is 158 Å². The van der Waals surface area contributed by atoms with Crippen molar-refractivity contribution in [2.45, 2.75) is 19.3 Å². The average molecular weight is 657 g/mol. The van der Waals surface area contributed by atoms with Crippen LogP contribution in [0, 0.1) is 0 Å². The van der Waals surface area contributed by atoms with Gasteiger partial charge in [-0.05, 0) is 80.6 Å². The van der Waals surface area contributed by atoms with Crippen molar-refractivity contribution in [3.63, 3.8) is 0 Å². The summed E-state index contributed by atoms with van der Waals surface area (Å²) in [5, 5.41) is 4.88. The van der Waals surface area contributed by atoms with Crippen LogP contribution < -0.4 is 0 Å². The van der Waals surface area contributed by atoms with Crippen molar-refractivity contribution < 1.29 is 0 Å². The second-order valence-corrected chi connectivity index (χ2v) is 14.9. The molecule has 0 spiro atoms. The number of aromatic nitrogens is 2. The fourth-order valence-electron chi connectivity index (χ4n) is 7.98. The maximum Gasteiger partial charge on any atom is 0.161 e. The van der Waals surface area contributed by atoms with Gasteiger partial charge in [0, 0.05) is 42.3 Å². The number of fused-ring (bicyclic) bond motifs is 7. The Bertz CT molecular complexity index is 2790. The van der Waals surface area contributed by atoms with Crippen LogP contribution >= 0.6 is 11.3 Å². The third-order valence-electron chi connectivity index (χ3n) is 10.5. The van der Waals surface area contributed by atoms with Crippen molar-refractivity contribution in [3.05, 3.63) is 169 Å². The molecule has 0 bridgehead atoms. The molecule has 0 amide bonds. The number of thiophene rings is 1. The zero-order valence-corrected chi connectivity index (χ0v) is 28.6. The Morgan fingerprint density at radius 2 is 1.00 bits per heavy atom. The second-order valence-electron chi connectivity index (χ2n) is 13.8. The number of hydrogen-bond donors (Lipinski definition) is 0. The molecule has 0 unspecified atom stereocenters. The molecule has 0 atom stereocenters. The van der Waals surface area contributed by atoms with Crippen molar-refractivity contribution in [1.29, 1.82) is 0 Å². The summed E-state index contributed by atoms with van der Waals surface area (Å²) in [6, 6.07) is 57.0. The van der Waals surface area contributed by atoms with Crippen LogP contribution in [0.25, 0.3) is 87.1 Å². The van der Waals surface area contributed by atoms with Gasteiger partial charge in [0.25, 0.3) is 0 Å². The lowest BCUT2D eigenvalue weighted by molar-refractivity contribution is 0.660. The molecular formula is C47H32N2S. The van der Waals surface area contributed by atoms with E-state index in [1.54, 1.807) is 0 Å². The summed E-state index contributed by atoms with van der Waals surface area (Å²) >= 11 is 1.84. The van der Waals surface area contributed by atoms with Gasteiger partial charge in [-0.15, -0.1) is 11.3 Å². The molecular weight excluding hydrogens is 625 g/mol. The predicted molar refractivity (Wildman–Crippen MR) is 212 cm³/mol. The zero-order valence-electron chi connectivity index (χ0n) is 27.8. The number of hydrogen-bond acceptors (Lipinski definition) is 3. The van der Waals surface area contributed by atoms with Gasteiger partial charge in [0.15, 0.2) is 5.82 Å². The van der Waals surface area contributed by atoms with Crippen molar-refractivity contribution in [3.8, 4) is 56.2 Å². The van der Waals surface area contributed by atoms with Crippen LogP contribution in [0.5, 0.6) is 0 Å². The van der Waals surface area contributed by atoms with Crippen LogP contribution in [0.4, 0.5) is 0 Å². The number of benzene rings is 7. The maximum absolute atomic E-state index is 5.30. The van der Waals surface area contributed by atoms with Crippen molar-refractivity contribution in [1.82, 2.24) is 9.97 Å². The Morgan fingerprint density at radius 3 is 1.84 bits per heavy atom. The van der Waals surface area contributed by atoms with Crippen LogP contribution in [0.1, 0.15) is 25.0 Å². The molecule has 1 aliphatic rings. The van der Waals surface area contributed by atoms with Crippen molar-refractivity contribution >= 4 is 42.3 Å². The normalized spacial score (nSPS) is 13.2. The summed E-state index contributed by atoms with van der Waals surface area (Å²) in [5.74, 6) is 0.727. The first kappa shape index (κ1) is 29.1. The summed E-state index contributed by atoms with van der Waals surface area (Å²) in [4.78, 5) is 10.5. The van der Waals surface area contributed by atoms with E-state index in [1.165, 1.54) is 58.9 Å². The first-order chi connectivity index (χ1) is 24.5. The smallest absolute Gasteiger partial charge is 0.161 e. The first-order valence-corrected chi connectivity index (χ1v) is 18.0. The first-order valence-electron chi connectivity index (χ1n) is 17.2. The zero-order chi connectivity index (χ0) is 33.4. The average Bonchev–Trinajstić information content (AvgIpc) is 3.66. The SMILES string of the molecule is CC1(C)c2ccccc2-c2ccc(-c3ccc(-c4nc(-c5ccccc5)cc(-c5ccc6sc7ccccc7c6c5)n4)c4ccccc34)cc21. The van der Waals surface area contributed by atoms with Crippen LogP contribution in [0.3, 0.4) is 0 Å². The quantitative estimate of drug-likeness (QED) is 0.188. The van der Waals surface area contributed by atoms with Crippen LogP contribution in [0.2, 0.25) is 0 Å². The van der Waals surface area contributed by atoms with E-state index in [1.807, 2.05) is 17.4 Å². The molecule has 3 heteroatoms. The van der Waals surface area contributed by atoms with E-state index in [-0.39, 0.29) is 5.41 Å². The monoisotopic (exact) mass is 656 g/mol. The largest absolute Gasteiger partial charge is 0.228 e. The molecule has 10 rings (SSSR count). The minimum Gasteiger partial charge on any atom is -0.228 e. The van der Waals surface area contributed by atoms with E-state index in [0.717, 1.165) is 39.3 Å². The maximum atomic E-state index is 5.30. The Balaban J connectivity index is 1.15. The molecule has 236 valence electrons. The van der Waals surface area contributed by atoms with E-state index in [2.05, 4.69) is 166 Å². The van der Waals surface area contributed by atoms with Gasteiger partial charge < -0.3 is 0 Å². The van der Waals surface area contributed by atoms with Gasteiger partial charge in [0.05, 0.1) is 11.4 Å². The molecule has 9 aromatic rings. The Morgan fingerprint density at radius 1 is 0.400 bits per heavy atom. The lowest BCUT2D eigenvalue weighted by atomic mass is 9.81. The van der Waals surface area contributed by atoms with E-state index in [0.29, 0.717) is 0 Å². The fraction of sp³-hybridized carbons (Fsp3) is 0.0638. The van der Waals surface area contributed by atoms with Crippen molar-refractivity contribution in [2.75, 3.05) is 0 Å². The number of rotatable bonds is 4. The topological polar surface area (TPSA) is 25.8 Å². The van der Waals surface area contributed by atoms with Gasteiger partial charge in [-0.25, -0.2) is 9.97 Å². The Hall–Kier alpha value is -5.90. The van der Waals surface area contributed by atoms with Crippen molar-refractivity contribution in [2.24, 2.45) is 0 Å². The van der Waals surface area contributed by atoms with E-state index in [4.69, 9.17) is 9.97 Å². The highest BCUT2D eigenvalue weighted by atomic mass is 32.1. The van der Waals surface area contributed by atoms with Gasteiger partial charge in [-0.1, -0.05) is 135 Å². The molecule has 2 nitrogen and oxygen atoms in total. The van der Waals surface area contributed by atoms with Gasteiger partial charge >= 0.3 is 0 Å². The third kappa shape index (κ3) is 4.47. The highest BCUT2D eigenvalue weighted by molar-refractivity contribution is 7.25. The molecule has 0 saturated carbocycles. The summed E-state index contributed by atoms with van der Waals surface area (Å²) in [6.45, 7) is 4.69. The number of nitrogens with zero attached hydrogens (tertiary/aromatic N) is 2. The van der Waals surface area contributed by atoms with Gasteiger partial charge in [0.1, 0.15) is 0 Å². The third-order valence-corrected chi connectivity index (χ3v) is 11.7. The molecule has 0 N–H and O–H groups in total. The molecule has 0 fully saturated rings. The summed E-state index contributed by atoms with van der Waals surface area (Å²) in [7, 11) is 0. The standard InChI is InChI=1S/C47H32N2S/c1-47(2)40-18-10-8-16-35(40)36-22-20-30(27-41(36)47)32-23-24-38(34-15-7-6-14-33(32)34)46-48-42(29-12-4-3-5-13-29)28-43(49-46)31-21-25-45-39(26-31)37-17-9-11-19-44(37)50-45/h3-28H,1-2H3. The molecule has 7 aromatic carbocycles. The predicted octanol–water partition coefficient (Wildman–Crippen LogP) is 13.0. The second kappa shape index (κ2) is 11.1. The van der Waals surface area contributed by atoms with E-state index < -0.39 is 0 Å². The Labute approximate surface area is 295 Å². The molecule has 50 heavy (non-hydrogen) atoms. The molecule has 1 aliphatic carbocycles. The van der Waals surface area contributed by atoms with E-state index in [9.17, 15) is 0 Å². The van der Waals surface area contributed by atoms with Gasteiger partial charge in [-0.3, -0.25) is 0 Å². The minimum atomic E-state index is -0.0574. The van der Waals surface area contributed by atoms with Gasteiger partial charge in [0.2, 0.25) is 0 Å². The Kier molecular flexibility index (Phi) is 6.43. The lowest BCUT2D eigenvalue weighted by Crippen LogP contribution is -2.14. The molecule has 0 aliphatic heterocycles. The summed E-state index contributed by atoms with van der Waals surface area (Å²) in [5.41, 5.74) is 12.8. The molecule has 0 saturated heterocycles. The van der Waals surface area contributed by atoms with Gasteiger partial charge in [-0.2, -0.15) is 0 Å². The molecule has 0 radical (unpaired) electrons. The summed E-state index contributed by atoms with van der Waals surface area (Å²) < 4.78 is 2.59. The van der Waals surface area contributed by atoms with E-state index >= 15 is 0 Å². The molecule has 2 heterocycles. The highest BCUT2D eigenvalue weighted by Crippen LogP contribution is 2.50. The summed E-state index contributed by atoms with van der Waals surface area (Å²) in [6.07, 6.45) is 0. The van der Waals surface area contributed by atoms with Crippen LogP contribution in [-0.4, -0.2) is 9.97 Å². The lowest BCUT2D eigenvalue weighted by Gasteiger charge is -2.22.